The Hall–Kier alpha value is -5.43. The van der Waals surface area contributed by atoms with Crippen LogP contribution in [0.1, 0.15) is 102 Å². The van der Waals surface area contributed by atoms with Gasteiger partial charge in [0.2, 0.25) is 47.1 Å². The largest absolute Gasteiger partial charge is 0.368 e. The maximum Gasteiger partial charge on any atom is 0.290 e. The van der Waals surface area contributed by atoms with Gasteiger partial charge in [-0.15, -0.1) is 0 Å². The lowest BCUT2D eigenvalue weighted by molar-refractivity contribution is -0.243. The minimum Gasteiger partial charge on any atom is -0.368 e. The summed E-state index contributed by atoms with van der Waals surface area (Å²) in [5.41, 5.74) is 5.87. The van der Waals surface area contributed by atoms with E-state index in [1.54, 1.807) is 37.3 Å². The smallest absolute Gasteiger partial charge is 0.290 e. The summed E-state index contributed by atoms with van der Waals surface area (Å²) in [7, 11) is 0. The molecule has 57 heavy (non-hydrogen) atoms. The third kappa shape index (κ3) is 15.6. The standard InChI is InChI=1S/C38H56N8O11/c1-2-11-25(33(50)38(55)41-22-30(49)45-31(34(39)51)23-12-5-3-6-13-23)43-35(52)26-16-9-10-20-40-28(47)17-18-29(48)42-27(19-21-57-56)36(53)46-32(37(54)44-26)24-14-7-4-8-15-24/h3,5-6,12-13,24-27,31-32,56H,2,4,7-11,14-22H2,1H3,(H2,39,51)(H,40,47)(H,41,55)(H,42,48)(H,43,52)(H,44,54)(H,45,49)(H,46,53)/t25?,26-,27?,31-,32-/m0/s1. The van der Waals surface area contributed by atoms with Crippen LogP contribution in [-0.2, 0) is 48.0 Å². The van der Waals surface area contributed by atoms with Gasteiger partial charge in [-0.2, -0.15) is 0 Å². The number of amides is 8. The Morgan fingerprint density at radius 1 is 0.860 bits per heavy atom. The lowest BCUT2D eigenvalue weighted by Crippen LogP contribution is -2.60. The van der Waals surface area contributed by atoms with Crippen molar-refractivity contribution in [2.24, 2.45) is 11.7 Å². The first-order valence-electron chi connectivity index (χ1n) is 19.5. The molecule has 1 saturated heterocycles. The molecule has 314 valence electrons. The zero-order chi connectivity index (χ0) is 41.7. The normalized spacial score (nSPS) is 21.5. The molecule has 10 N–H and O–H groups in total. The molecule has 19 heteroatoms. The van der Waals surface area contributed by atoms with E-state index in [4.69, 9.17) is 11.0 Å². The van der Waals surface area contributed by atoms with E-state index in [0.717, 1.165) is 19.3 Å². The number of nitrogens with one attached hydrogen (secondary N) is 7. The molecule has 1 heterocycles. The maximum absolute atomic E-state index is 14.0. The second-order valence-corrected chi connectivity index (χ2v) is 14.2. The number of primary amides is 1. The van der Waals surface area contributed by atoms with E-state index in [1.165, 1.54) is 0 Å². The molecule has 2 unspecified atom stereocenters. The van der Waals surface area contributed by atoms with Gasteiger partial charge in [0.25, 0.3) is 5.91 Å². The van der Waals surface area contributed by atoms with Crippen molar-refractivity contribution in [2.75, 3.05) is 19.7 Å². The fraction of sp³-hybridized carbons (Fsp3) is 0.605. The Bertz CT molecular complexity index is 1570. The van der Waals surface area contributed by atoms with Crippen LogP contribution in [0.15, 0.2) is 30.3 Å². The molecular formula is C38H56N8O11. The van der Waals surface area contributed by atoms with Gasteiger partial charge in [-0.05, 0) is 50.0 Å². The summed E-state index contributed by atoms with van der Waals surface area (Å²) in [6.07, 6.45) is 4.46. The van der Waals surface area contributed by atoms with Crippen molar-refractivity contribution in [3.63, 3.8) is 0 Å². The first kappa shape index (κ1) is 46.0. The molecule has 0 aromatic heterocycles. The Morgan fingerprint density at radius 3 is 2.21 bits per heavy atom. The highest BCUT2D eigenvalue weighted by molar-refractivity contribution is 6.38. The highest BCUT2D eigenvalue weighted by Gasteiger charge is 2.36. The Balaban J connectivity index is 1.78. The number of carbonyl (C=O) groups is 9. The third-order valence-electron chi connectivity index (χ3n) is 9.87. The summed E-state index contributed by atoms with van der Waals surface area (Å²) in [4.78, 5) is 122. The second-order valence-electron chi connectivity index (χ2n) is 14.2. The number of hydrogen-bond donors (Lipinski definition) is 9. The van der Waals surface area contributed by atoms with Gasteiger partial charge in [0, 0.05) is 25.8 Å². The van der Waals surface area contributed by atoms with Crippen molar-refractivity contribution < 1.29 is 53.3 Å². The number of carbonyl (C=O) groups excluding carboxylic acids is 9. The van der Waals surface area contributed by atoms with Crippen molar-refractivity contribution in [1.29, 1.82) is 0 Å². The number of Topliss-reactive ketones (excluding diaryl/α,β-unsaturated/α-hetero) is 1. The Kier molecular flexibility index (Phi) is 19.6. The Morgan fingerprint density at radius 2 is 1.54 bits per heavy atom. The average Bonchev–Trinajstić information content (AvgIpc) is 3.20. The van der Waals surface area contributed by atoms with Gasteiger partial charge in [-0.1, -0.05) is 62.9 Å². The SMILES string of the molecule is CCCC(NC(=O)[C@@H]1CCCCNC(=O)CCC(=O)NC(CCOO)C(=O)N[C@@H](C2CCCCC2)C(=O)N1)C(=O)C(=O)NCC(=O)N[C@H](C(N)=O)c1ccccc1. The molecule has 0 spiro atoms. The predicted octanol–water partition coefficient (Wildman–Crippen LogP) is -0.706. The lowest BCUT2D eigenvalue weighted by atomic mass is 9.83. The molecule has 2 fully saturated rings. The minimum atomic E-state index is -1.33. The molecule has 3 rings (SSSR count). The Labute approximate surface area is 331 Å². The van der Waals surface area contributed by atoms with Gasteiger partial charge in [-0.25, -0.2) is 4.89 Å². The zero-order valence-corrected chi connectivity index (χ0v) is 32.3. The molecule has 5 atom stereocenters. The first-order chi connectivity index (χ1) is 27.3. The van der Waals surface area contributed by atoms with Crippen LogP contribution >= 0.6 is 0 Å². The highest BCUT2D eigenvalue weighted by atomic mass is 17.1. The second kappa shape index (κ2) is 24.3. The summed E-state index contributed by atoms with van der Waals surface area (Å²) < 4.78 is 0. The fourth-order valence-corrected chi connectivity index (χ4v) is 6.78. The molecule has 1 aromatic carbocycles. The van der Waals surface area contributed by atoms with E-state index >= 15 is 0 Å². The minimum absolute atomic E-state index is 0.0417. The summed E-state index contributed by atoms with van der Waals surface area (Å²) in [5, 5.41) is 26.9. The quantitative estimate of drug-likeness (QED) is 0.0607. The van der Waals surface area contributed by atoms with Crippen molar-refractivity contribution >= 4 is 53.0 Å². The van der Waals surface area contributed by atoms with Crippen LogP contribution < -0.4 is 43.0 Å². The number of nitrogens with two attached hydrogens (primary N) is 1. The molecule has 1 aromatic rings. The van der Waals surface area contributed by atoms with Gasteiger partial charge in [0.15, 0.2) is 0 Å². The zero-order valence-electron chi connectivity index (χ0n) is 32.3. The summed E-state index contributed by atoms with van der Waals surface area (Å²) >= 11 is 0. The van der Waals surface area contributed by atoms with E-state index in [2.05, 4.69) is 42.1 Å². The van der Waals surface area contributed by atoms with Gasteiger partial charge in [0.05, 0.1) is 19.2 Å². The van der Waals surface area contributed by atoms with E-state index in [1.807, 2.05) is 0 Å². The van der Waals surface area contributed by atoms with Crippen LogP contribution in [-0.4, -0.2) is 102 Å². The van der Waals surface area contributed by atoms with Crippen molar-refractivity contribution in [3.8, 4) is 0 Å². The van der Waals surface area contributed by atoms with Crippen LogP contribution in [0.25, 0.3) is 0 Å². The topological polar surface area (TPSA) is 293 Å². The third-order valence-corrected chi connectivity index (χ3v) is 9.87. The van der Waals surface area contributed by atoms with Crippen LogP contribution in [0.4, 0.5) is 0 Å². The van der Waals surface area contributed by atoms with Gasteiger partial charge in [0.1, 0.15) is 24.2 Å². The lowest BCUT2D eigenvalue weighted by Gasteiger charge is -2.32. The predicted molar refractivity (Wildman–Crippen MR) is 203 cm³/mol. The molecule has 8 amide bonds. The van der Waals surface area contributed by atoms with E-state index in [0.29, 0.717) is 37.7 Å². The molecule has 0 bridgehead atoms. The molecule has 1 aliphatic heterocycles. The van der Waals surface area contributed by atoms with Crippen LogP contribution in [0, 0.1) is 5.92 Å². The number of hydrogen-bond acceptors (Lipinski definition) is 11. The number of ketones is 1. The maximum atomic E-state index is 14.0. The van der Waals surface area contributed by atoms with Crippen molar-refractivity contribution in [3.05, 3.63) is 35.9 Å². The van der Waals surface area contributed by atoms with Gasteiger partial charge < -0.3 is 43.0 Å². The van der Waals surface area contributed by atoms with E-state index in [-0.39, 0.29) is 51.2 Å². The molecule has 1 aliphatic carbocycles. The van der Waals surface area contributed by atoms with Gasteiger partial charge in [-0.3, -0.25) is 48.4 Å². The van der Waals surface area contributed by atoms with Crippen LogP contribution in [0.3, 0.4) is 0 Å². The van der Waals surface area contributed by atoms with Crippen LogP contribution in [0.2, 0.25) is 0 Å². The summed E-state index contributed by atoms with van der Waals surface area (Å²) in [6.45, 7) is 0.958. The van der Waals surface area contributed by atoms with Gasteiger partial charge >= 0.3 is 0 Å². The molecular weight excluding hydrogens is 744 g/mol. The summed E-state index contributed by atoms with van der Waals surface area (Å²) in [5.74, 6) is -7.30. The van der Waals surface area contributed by atoms with Crippen molar-refractivity contribution in [1.82, 2.24) is 37.2 Å². The first-order valence-corrected chi connectivity index (χ1v) is 19.5. The molecule has 19 nitrogen and oxygen atoms in total. The number of benzene rings is 1. The average molecular weight is 801 g/mol. The highest BCUT2D eigenvalue weighted by Crippen LogP contribution is 2.27. The molecule has 1 saturated carbocycles. The molecule has 2 aliphatic rings. The van der Waals surface area contributed by atoms with E-state index < -0.39 is 89.8 Å². The fourth-order valence-electron chi connectivity index (χ4n) is 6.78. The summed E-state index contributed by atoms with van der Waals surface area (Å²) in [6, 6.07) is 2.13. The van der Waals surface area contributed by atoms with E-state index in [9.17, 15) is 43.2 Å². The van der Waals surface area contributed by atoms with Crippen LogP contribution in [0.5, 0.6) is 0 Å². The monoisotopic (exact) mass is 800 g/mol. The van der Waals surface area contributed by atoms with Crippen molar-refractivity contribution in [2.45, 2.75) is 121 Å². The molecule has 0 radical (unpaired) electrons. The number of rotatable bonds is 15.